The van der Waals surface area contributed by atoms with Crippen molar-refractivity contribution in [3.8, 4) is 11.4 Å². The zero-order chi connectivity index (χ0) is 21.2. The zero-order valence-corrected chi connectivity index (χ0v) is 18.2. The lowest BCUT2D eigenvalue weighted by Crippen LogP contribution is -2.15. The molecule has 2 aromatic heterocycles. The van der Waals surface area contributed by atoms with Crippen LogP contribution in [0.5, 0.6) is 0 Å². The molecule has 0 aliphatic rings. The highest BCUT2D eigenvalue weighted by atomic mass is 35.5. The van der Waals surface area contributed by atoms with Gasteiger partial charge in [-0.15, -0.1) is 0 Å². The maximum absolute atomic E-state index is 6.40. The minimum absolute atomic E-state index is 0.527. The lowest BCUT2D eigenvalue weighted by Gasteiger charge is -2.09. The molecule has 0 fully saturated rings. The van der Waals surface area contributed by atoms with Gasteiger partial charge in [-0.1, -0.05) is 78.3 Å². The molecule has 0 aliphatic heterocycles. The summed E-state index contributed by atoms with van der Waals surface area (Å²) in [5.41, 5.74) is 7.85. The fourth-order valence-electron chi connectivity index (χ4n) is 3.79. The number of aromatic nitrogens is 4. The molecule has 5 aromatic rings. The smallest absolute Gasteiger partial charge is 0.214 e. The van der Waals surface area contributed by atoms with Crippen LogP contribution in [0.25, 0.3) is 22.3 Å². The third-order valence-electron chi connectivity index (χ3n) is 5.30. The molecule has 2 N–H and O–H groups in total. The van der Waals surface area contributed by atoms with E-state index in [4.69, 9.17) is 23.8 Å². The highest BCUT2D eigenvalue weighted by Gasteiger charge is 2.12. The standard InChI is InChI=1S/C24H20ClN5S/c25-21-12-6-4-10-18(21)15-29-16-19(20-11-5-7-13-22(20)29)14-26-30-23(27-28-24(30)31)17-8-2-1-3-9-17/h1-13,16,26H,14-15H2,(H,28,31). The van der Waals surface area contributed by atoms with Gasteiger partial charge in [-0.25, -0.2) is 9.77 Å². The maximum Gasteiger partial charge on any atom is 0.214 e. The lowest BCUT2D eigenvalue weighted by atomic mass is 10.2. The molecular formula is C24H20ClN5S. The van der Waals surface area contributed by atoms with Gasteiger partial charge < -0.3 is 9.99 Å². The van der Waals surface area contributed by atoms with Crippen LogP contribution in [-0.4, -0.2) is 19.4 Å². The van der Waals surface area contributed by atoms with E-state index in [1.807, 2.05) is 53.2 Å². The number of nitrogens with one attached hydrogen (secondary N) is 2. The van der Waals surface area contributed by atoms with E-state index in [1.54, 1.807) is 0 Å². The molecule has 2 heterocycles. The first-order valence-corrected chi connectivity index (χ1v) is 10.8. The van der Waals surface area contributed by atoms with Crippen molar-refractivity contribution in [3.63, 3.8) is 0 Å². The van der Waals surface area contributed by atoms with E-state index in [9.17, 15) is 0 Å². The van der Waals surface area contributed by atoms with E-state index < -0.39 is 0 Å². The first-order valence-electron chi connectivity index (χ1n) is 9.97. The van der Waals surface area contributed by atoms with E-state index in [0.717, 1.165) is 22.0 Å². The summed E-state index contributed by atoms with van der Waals surface area (Å²) in [6.07, 6.45) is 2.17. The van der Waals surface area contributed by atoms with Gasteiger partial charge in [-0.2, -0.15) is 5.10 Å². The summed E-state index contributed by atoms with van der Waals surface area (Å²) >= 11 is 11.9. The molecular weight excluding hydrogens is 426 g/mol. The van der Waals surface area contributed by atoms with Crippen LogP contribution in [0.2, 0.25) is 5.02 Å². The third-order valence-corrected chi connectivity index (χ3v) is 5.94. The van der Waals surface area contributed by atoms with E-state index in [-0.39, 0.29) is 0 Å². The van der Waals surface area contributed by atoms with E-state index in [0.29, 0.717) is 17.9 Å². The number of H-pyrrole nitrogens is 1. The molecule has 5 rings (SSSR count). The van der Waals surface area contributed by atoms with Gasteiger partial charge in [0.05, 0.1) is 6.54 Å². The normalized spacial score (nSPS) is 11.1. The van der Waals surface area contributed by atoms with Crippen LogP contribution in [0.3, 0.4) is 0 Å². The zero-order valence-electron chi connectivity index (χ0n) is 16.6. The molecule has 0 saturated carbocycles. The molecule has 31 heavy (non-hydrogen) atoms. The monoisotopic (exact) mass is 445 g/mol. The van der Waals surface area contributed by atoms with Crippen LogP contribution in [0.4, 0.5) is 0 Å². The fourth-order valence-corrected chi connectivity index (χ4v) is 4.19. The first-order chi connectivity index (χ1) is 15.2. The molecule has 5 nitrogen and oxygen atoms in total. The molecule has 0 radical (unpaired) electrons. The van der Waals surface area contributed by atoms with Crippen LogP contribution in [0.1, 0.15) is 11.1 Å². The van der Waals surface area contributed by atoms with Gasteiger partial charge in [0.15, 0.2) is 5.82 Å². The van der Waals surface area contributed by atoms with Gasteiger partial charge in [0.2, 0.25) is 4.77 Å². The summed E-state index contributed by atoms with van der Waals surface area (Å²) < 4.78 is 4.59. The molecule has 0 atom stereocenters. The second-order valence-electron chi connectivity index (χ2n) is 7.28. The summed E-state index contributed by atoms with van der Waals surface area (Å²) in [6.45, 7) is 1.31. The van der Waals surface area contributed by atoms with Gasteiger partial charge in [0.1, 0.15) is 0 Å². The first kappa shape index (κ1) is 19.6. The highest BCUT2D eigenvalue weighted by Crippen LogP contribution is 2.25. The minimum Gasteiger partial charge on any atom is -0.343 e. The molecule has 7 heteroatoms. The van der Waals surface area contributed by atoms with Crippen LogP contribution < -0.4 is 5.43 Å². The molecule has 3 aromatic carbocycles. The predicted octanol–water partition coefficient (Wildman–Crippen LogP) is 6.01. The van der Waals surface area contributed by atoms with Crippen LogP contribution in [0, 0.1) is 4.77 Å². The van der Waals surface area contributed by atoms with Crippen molar-refractivity contribution in [2.45, 2.75) is 13.1 Å². The third kappa shape index (κ3) is 3.87. The van der Waals surface area contributed by atoms with Gasteiger partial charge in [-0.3, -0.25) is 0 Å². The SMILES string of the molecule is S=c1[nH]nc(-c2ccccc2)n1NCc1cn(Cc2ccccc2Cl)c2ccccc12. The number of halogens is 1. The van der Waals surface area contributed by atoms with Gasteiger partial charge in [-0.05, 0) is 35.5 Å². The Labute approximate surface area is 189 Å². The highest BCUT2D eigenvalue weighted by molar-refractivity contribution is 7.71. The van der Waals surface area contributed by atoms with Gasteiger partial charge >= 0.3 is 0 Å². The van der Waals surface area contributed by atoms with E-state index in [1.165, 1.54) is 16.5 Å². The number of hydrogen-bond donors (Lipinski definition) is 2. The fraction of sp³-hybridized carbons (Fsp3) is 0.0833. The number of fused-ring (bicyclic) bond motifs is 1. The number of benzene rings is 3. The summed E-state index contributed by atoms with van der Waals surface area (Å²) in [5.74, 6) is 0.755. The van der Waals surface area contributed by atoms with Crippen molar-refractivity contribution < 1.29 is 0 Å². The van der Waals surface area contributed by atoms with Crippen LogP contribution in [-0.2, 0) is 13.1 Å². The van der Waals surface area contributed by atoms with Crippen molar-refractivity contribution in [1.29, 1.82) is 0 Å². The summed E-state index contributed by atoms with van der Waals surface area (Å²) in [7, 11) is 0. The topological polar surface area (TPSA) is 50.6 Å². The summed E-state index contributed by atoms with van der Waals surface area (Å²) in [4.78, 5) is 0. The van der Waals surface area contributed by atoms with Crippen LogP contribution in [0.15, 0.2) is 85.1 Å². The average molecular weight is 446 g/mol. The Morgan fingerprint density at radius 2 is 1.65 bits per heavy atom. The molecule has 0 amide bonds. The largest absolute Gasteiger partial charge is 0.343 e. The summed E-state index contributed by atoms with van der Waals surface area (Å²) in [5, 5.41) is 9.25. The van der Waals surface area contributed by atoms with Crippen molar-refractivity contribution in [2.24, 2.45) is 0 Å². The molecule has 0 unspecified atom stereocenters. The average Bonchev–Trinajstić information content (AvgIpc) is 3.35. The van der Waals surface area contributed by atoms with Crippen molar-refractivity contribution in [2.75, 3.05) is 5.43 Å². The Morgan fingerprint density at radius 1 is 0.903 bits per heavy atom. The Bertz CT molecular complexity index is 1400. The molecule has 0 spiro atoms. The maximum atomic E-state index is 6.40. The number of nitrogens with zero attached hydrogens (tertiary/aromatic N) is 3. The second kappa shape index (κ2) is 8.41. The number of rotatable bonds is 6. The lowest BCUT2D eigenvalue weighted by molar-refractivity contribution is 0.810. The molecule has 154 valence electrons. The number of hydrogen-bond acceptors (Lipinski definition) is 3. The summed E-state index contributed by atoms with van der Waals surface area (Å²) in [6, 6.07) is 26.3. The van der Waals surface area contributed by atoms with Crippen LogP contribution >= 0.6 is 23.8 Å². The predicted molar refractivity (Wildman–Crippen MR) is 128 cm³/mol. The Balaban J connectivity index is 1.47. The minimum atomic E-state index is 0.527. The Hall–Kier alpha value is -3.35. The Morgan fingerprint density at radius 3 is 2.48 bits per heavy atom. The number of para-hydroxylation sites is 1. The van der Waals surface area contributed by atoms with E-state index >= 15 is 0 Å². The van der Waals surface area contributed by atoms with E-state index in [2.05, 4.69) is 56.7 Å². The van der Waals surface area contributed by atoms with Crippen molar-refractivity contribution >= 4 is 34.7 Å². The number of aromatic amines is 1. The van der Waals surface area contributed by atoms with Gasteiger partial charge in [0, 0.05) is 34.2 Å². The molecule has 0 saturated heterocycles. The van der Waals surface area contributed by atoms with Crippen molar-refractivity contribution in [3.05, 3.63) is 106 Å². The Kier molecular flexibility index (Phi) is 5.32. The quantitative estimate of drug-likeness (QED) is 0.315. The molecule has 0 aliphatic carbocycles. The molecule has 0 bridgehead atoms. The second-order valence-corrected chi connectivity index (χ2v) is 8.07. The van der Waals surface area contributed by atoms with Crippen molar-refractivity contribution in [1.82, 2.24) is 19.4 Å². The van der Waals surface area contributed by atoms with Gasteiger partial charge in [0.25, 0.3) is 0 Å².